The summed E-state index contributed by atoms with van der Waals surface area (Å²) in [5, 5.41) is 12.5. The zero-order valence-electron chi connectivity index (χ0n) is 18.7. The number of carboxylic acid groups (broad SMARTS) is 1. The van der Waals surface area contributed by atoms with Crippen molar-refractivity contribution in [3.63, 3.8) is 0 Å². The van der Waals surface area contributed by atoms with Gasteiger partial charge in [0.1, 0.15) is 19.0 Å². The van der Waals surface area contributed by atoms with Crippen LogP contribution < -0.4 is 24.4 Å². The molecule has 2 aliphatic heterocycles. The van der Waals surface area contributed by atoms with Gasteiger partial charge in [0, 0.05) is 50.9 Å². The van der Waals surface area contributed by atoms with Gasteiger partial charge in [-0.05, 0) is 24.3 Å². The zero-order valence-corrected chi connectivity index (χ0v) is 18.7. The fourth-order valence-electron chi connectivity index (χ4n) is 4.16. The summed E-state index contributed by atoms with van der Waals surface area (Å²) in [7, 11) is 1.66. The van der Waals surface area contributed by atoms with Crippen LogP contribution in [0.25, 0.3) is 0 Å². The first-order valence-corrected chi connectivity index (χ1v) is 11.1. The highest BCUT2D eigenvalue weighted by Gasteiger charge is 2.27. The van der Waals surface area contributed by atoms with Crippen molar-refractivity contribution in [2.75, 3.05) is 63.3 Å². The first-order chi connectivity index (χ1) is 16.0. The van der Waals surface area contributed by atoms with E-state index in [0.717, 1.165) is 24.5 Å². The first kappa shape index (κ1) is 22.7. The van der Waals surface area contributed by atoms with Gasteiger partial charge >= 0.3 is 5.97 Å². The van der Waals surface area contributed by atoms with Crippen LogP contribution in [-0.2, 0) is 9.59 Å². The SMILES string of the molecule is COc1ccccc1N1CCN(CC(CC(=O)Nc2ccc3c(c2)OCCO3)C(=O)O)CC1. The van der Waals surface area contributed by atoms with Crippen molar-refractivity contribution in [1.82, 2.24) is 4.90 Å². The van der Waals surface area contributed by atoms with Gasteiger partial charge in [-0.15, -0.1) is 0 Å². The third-order valence-corrected chi connectivity index (χ3v) is 5.88. The highest BCUT2D eigenvalue weighted by Crippen LogP contribution is 2.33. The number of amides is 1. The number of ether oxygens (including phenoxy) is 3. The van der Waals surface area contributed by atoms with E-state index in [-0.39, 0.29) is 12.3 Å². The monoisotopic (exact) mass is 455 g/mol. The van der Waals surface area contributed by atoms with Crippen LogP contribution in [0.2, 0.25) is 0 Å². The number of nitrogens with zero attached hydrogens (tertiary/aromatic N) is 2. The van der Waals surface area contributed by atoms with Gasteiger partial charge in [0.2, 0.25) is 5.91 Å². The molecular formula is C24H29N3O6. The molecule has 33 heavy (non-hydrogen) atoms. The molecule has 2 aromatic carbocycles. The lowest BCUT2D eigenvalue weighted by Crippen LogP contribution is -2.49. The van der Waals surface area contributed by atoms with Gasteiger partial charge in [-0.3, -0.25) is 14.5 Å². The Morgan fingerprint density at radius 3 is 2.52 bits per heavy atom. The third kappa shape index (κ3) is 5.67. The number of carbonyl (C=O) groups is 2. The van der Waals surface area contributed by atoms with Gasteiger partial charge in [-0.1, -0.05) is 12.1 Å². The number of hydrogen-bond acceptors (Lipinski definition) is 7. The Balaban J connectivity index is 1.30. The number of para-hydroxylation sites is 2. The van der Waals surface area contributed by atoms with Crippen molar-refractivity contribution in [2.24, 2.45) is 5.92 Å². The number of anilines is 2. The number of carboxylic acids is 1. The Morgan fingerprint density at radius 2 is 1.79 bits per heavy atom. The van der Waals surface area contributed by atoms with Gasteiger partial charge in [-0.25, -0.2) is 0 Å². The van der Waals surface area contributed by atoms with E-state index in [0.29, 0.717) is 50.0 Å². The summed E-state index contributed by atoms with van der Waals surface area (Å²) >= 11 is 0. The van der Waals surface area contributed by atoms with Gasteiger partial charge in [0.15, 0.2) is 11.5 Å². The molecule has 0 aliphatic carbocycles. The van der Waals surface area contributed by atoms with Crippen LogP contribution in [0.5, 0.6) is 17.2 Å². The molecule has 2 aromatic rings. The number of fused-ring (bicyclic) bond motifs is 1. The van der Waals surface area contributed by atoms with E-state index in [2.05, 4.69) is 15.1 Å². The zero-order chi connectivity index (χ0) is 23.2. The number of methoxy groups -OCH3 is 1. The van der Waals surface area contributed by atoms with E-state index >= 15 is 0 Å². The molecule has 2 aliphatic rings. The summed E-state index contributed by atoms with van der Waals surface area (Å²) in [5.41, 5.74) is 1.59. The summed E-state index contributed by atoms with van der Waals surface area (Å²) < 4.78 is 16.5. The minimum absolute atomic E-state index is 0.101. The molecule has 0 radical (unpaired) electrons. The number of nitrogens with one attached hydrogen (secondary N) is 1. The number of carbonyl (C=O) groups excluding carboxylic acids is 1. The second kappa shape index (κ2) is 10.4. The van der Waals surface area contributed by atoms with Crippen LogP contribution in [-0.4, -0.2) is 74.9 Å². The number of benzene rings is 2. The normalized spacial score (nSPS) is 16.7. The second-order valence-electron chi connectivity index (χ2n) is 8.11. The smallest absolute Gasteiger partial charge is 0.308 e. The Bertz CT molecular complexity index is 990. The summed E-state index contributed by atoms with van der Waals surface area (Å²) in [6, 6.07) is 13.0. The largest absolute Gasteiger partial charge is 0.495 e. The van der Waals surface area contributed by atoms with Crippen molar-refractivity contribution in [3.8, 4) is 17.2 Å². The van der Waals surface area contributed by atoms with Crippen LogP contribution in [0.1, 0.15) is 6.42 Å². The average molecular weight is 456 g/mol. The van der Waals surface area contributed by atoms with Crippen LogP contribution in [0.15, 0.2) is 42.5 Å². The number of rotatable bonds is 8. The highest BCUT2D eigenvalue weighted by atomic mass is 16.6. The fourth-order valence-corrected chi connectivity index (χ4v) is 4.16. The van der Waals surface area contributed by atoms with Crippen molar-refractivity contribution < 1.29 is 28.9 Å². The minimum Gasteiger partial charge on any atom is -0.495 e. The van der Waals surface area contributed by atoms with Crippen LogP contribution in [0, 0.1) is 5.92 Å². The van der Waals surface area contributed by atoms with Crippen molar-refractivity contribution in [1.29, 1.82) is 0 Å². The lowest BCUT2D eigenvalue weighted by atomic mass is 10.0. The van der Waals surface area contributed by atoms with E-state index in [4.69, 9.17) is 14.2 Å². The summed E-state index contributed by atoms with van der Waals surface area (Å²) in [6.07, 6.45) is -0.101. The standard InChI is InChI=1S/C24H29N3O6/c1-31-20-5-3-2-4-19(20)27-10-8-26(9-11-27)16-17(24(29)30)14-23(28)25-18-6-7-21-22(15-18)33-13-12-32-21/h2-7,15,17H,8-14,16H2,1H3,(H,25,28)(H,29,30). The Hall–Kier alpha value is -3.46. The number of aliphatic carboxylic acids is 1. The molecule has 1 fully saturated rings. The Kier molecular flexibility index (Phi) is 7.19. The van der Waals surface area contributed by atoms with E-state index < -0.39 is 11.9 Å². The molecule has 1 atom stereocenters. The minimum atomic E-state index is -0.973. The van der Waals surface area contributed by atoms with E-state index in [1.807, 2.05) is 24.3 Å². The lowest BCUT2D eigenvalue weighted by Gasteiger charge is -2.37. The molecule has 0 saturated carbocycles. The van der Waals surface area contributed by atoms with Crippen LogP contribution >= 0.6 is 0 Å². The molecule has 1 unspecified atom stereocenters. The van der Waals surface area contributed by atoms with Gasteiger partial charge in [-0.2, -0.15) is 0 Å². The lowest BCUT2D eigenvalue weighted by molar-refractivity contribution is -0.144. The van der Waals surface area contributed by atoms with Crippen molar-refractivity contribution in [3.05, 3.63) is 42.5 Å². The summed E-state index contributed by atoms with van der Waals surface area (Å²) in [5.74, 6) is -0.0758. The molecule has 0 aromatic heterocycles. The maximum absolute atomic E-state index is 12.6. The topological polar surface area (TPSA) is 101 Å². The molecule has 0 bridgehead atoms. The maximum atomic E-state index is 12.6. The molecule has 9 nitrogen and oxygen atoms in total. The molecule has 9 heteroatoms. The van der Waals surface area contributed by atoms with E-state index in [9.17, 15) is 14.7 Å². The highest BCUT2D eigenvalue weighted by molar-refractivity contribution is 5.93. The predicted octanol–water partition coefficient (Wildman–Crippen LogP) is 2.32. The number of hydrogen-bond donors (Lipinski definition) is 2. The molecule has 2 heterocycles. The number of piperazine rings is 1. The predicted molar refractivity (Wildman–Crippen MR) is 123 cm³/mol. The average Bonchev–Trinajstić information content (AvgIpc) is 2.84. The Morgan fingerprint density at radius 1 is 1.06 bits per heavy atom. The molecule has 2 N–H and O–H groups in total. The quantitative estimate of drug-likeness (QED) is 0.626. The molecular weight excluding hydrogens is 426 g/mol. The van der Waals surface area contributed by atoms with E-state index in [1.165, 1.54) is 0 Å². The first-order valence-electron chi connectivity index (χ1n) is 11.1. The molecule has 4 rings (SSSR count). The second-order valence-corrected chi connectivity index (χ2v) is 8.11. The molecule has 0 spiro atoms. The van der Waals surface area contributed by atoms with Gasteiger partial charge in [0.05, 0.1) is 18.7 Å². The van der Waals surface area contributed by atoms with Crippen LogP contribution in [0.4, 0.5) is 11.4 Å². The fraction of sp³-hybridized carbons (Fsp3) is 0.417. The molecule has 1 amide bonds. The van der Waals surface area contributed by atoms with E-state index in [1.54, 1.807) is 25.3 Å². The van der Waals surface area contributed by atoms with Gasteiger partial charge < -0.3 is 29.5 Å². The summed E-state index contributed by atoms with van der Waals surface area (Å²) in [6.45, 7) is 4.22. The maximum Gasteiger partial charge on any atom is 0.308 e. The van der Waals surface area contributed by atoms with Gasteiger partial charge in [0.25, 0.3) is 0 Å². The van der Waals surface area contributed by atoms with Crippen molar-refractivity contribution >= 4 is 23.3 Å². The van der Waals surface area contributed by atoms with Crippen molar-refractivity contribution in [2.45, 2.75) is 6.42 Å². The Labute approximate surface area is 192 Å². The molecule has 176 valence electrons. The summed E-state index contributed by atoms with van der Waals surface area (Å²) in [4.78, 5) is 28.7. The van der Waals surface area contributed by atoms with Crippen LogP contribution in [0.3, 0.4) is 0 Å². The molecule has 1 saturated heterocycles. The third-order valence-electron chi connectivity index (χ3n) is 5.88.